The van der Waals surface area contributed by atoms with Gasteiger partial charge in [-0.25, -0.2) is 9.97 Å². The Bertz CT molecular complexity index is 666. The third-order valence-corrected chi connectivity index (χ3v) is 6.39. The minimum absolute atomic E-state index is 0.0413. The van der Waals surface area contributed by atoms with Crippen LogP contribution in [0.3, 0.4) is 0 Å². The molecule has 1 aliphatic heterocycles. The van der Waals surface area contributed by atoms with Gasteiger partial charge in [-0.3, -0.25) is 4.79 Å². The SMILES string of the molecule is Cc1nc(N2CCN(C)CC2)ncc1C(=O)N[C@H]1CC[C@H]1NC1CCCC1. The molecule has 2 aliphatic carbocycles. The predicted octanol–water partition coefficient (Wildman–Crippen LogP) is 1.33. The van der Waals surface area contributed by atoms with Gasteiger partial charge in [0.2, 0.25) is 5.95 Å². The lowest BCUT2D eigenvalue weighted by molar-refractivity contribution is 0.0888. The van der Waals surface area contributed by atoms with Gasteiger partial charge in [-0.2, -0.15) is 0 Å². The first-order valence-corrected chi connectivity index (χ1v) is 10.4. The van der Waals surface area contributed by atoms with Gasteiger partial charge in [-0.05, 0) is 39.7 Å². The van der Waals surface area contributed by atoms with Crippen LogP contribution in [0.2, 0.25) is 0 Å². The molecule has 2 heterocycles. The fraction of sp³-hybridized carbons (Fsp3) is 0.750. The Hall–Kier alpha value is -1.73. The lowest BCUT2D eigenvalue weighted by Crippen LogP contribution is -2.58. The van der Waals surface area contributed by atoms with Crippen LogP contribution in [0.15, 0.2) is 6.20 Å². The van der Waals surface area contributed by atoms with Gasteiger partial charge in [0.25, 0.3) is 5.91 Å². The first-order valence-electron chi connectivity index (χ1n) is 10.4. The van der Waals surface area contributed by atoms with Gasteiger partial charge in [0, 0.05) is 50.5 Å². The van der Waals surface area contributed by atoms with E-state index in [4.69, 9.17) is 0 Å². The molecule has 1 aromatic rings. The third-order valence-electron chi connectivity index (χ3n) is 6.39. The Morgan fingerprint density at radius 2 is 1.78 bits per heavy atom. The maximum atomic E-state index is 12.7. The highest BCUT2D eigenvalue weighted by molar-refractivity contribution is 5.95. The van der Waals surface area contributed by atoms with Crippen LogP contribution in [0, 0.1) is 6.92 Å². The van der Waals surface area contributed by atoms with Crippen molar-refractivity contribution in [1.82, 2.24) is 25.5 Å². The van der Waals surface area contributed by atoms with E-state index in [0.29, 0.717) is 17.6 Å². The molecular formula is C20H32N6O. The summed E-state index contributed by atoms with van der Waals surface area (Å²) < 4.78 is 0. The number of anilines is 1. The number of piperazine rings is 1. The lowest BCUT2D eigenvalue weighted by atomic mass is 9.85. The van der Waals surface area contributed by atoms with E-state index in [2.05, 4.69) is 37.4 Å². The van der Waals surface area contributed by atoms with Crippen molar-refractivity contribution in [3.8, 4) is 0 Å². The van der Waals surface area contributed by atoms with Crippen molar-refractivity contribution >= 4 is 11.9 Å². The van der Waals surface area contributed by atoms with Crippen LogP contribution in [0.1, 0.15) is 54.6 Å². The summed E-state index contributed by atoms with van der Waals surface area (Å²) in [5, 5.41) is 6.94. The van der Waals surface area contributed by atoms with Gasteiger partial charge in [-0.15, -0.1) is 0 Å². The van der Waals surface area contributed by atoms with Crippen LogP contribution in [0.4, 0.5) is 5.95 Å². The van der Waals surface area contributed by atoms with Crippen molar-refractivity contribution in [2.45, 2.75) is 63.6 Å². The molecule has 0 radical (unpaired) electrons. The molecule has 7 heteroatoms. The fourth-order valence-corrected chi connectivity index (χ4v) is 4.35. The molecule has 0 unspecified atom stereocenters. The fourth-order valence-electron chi connectivity index (χ4n) is 4.35. The van der Waals surface area contributed by atoms with Gasteiger partial charge >= 0.3 is 0 Å². The van der Waals surface area contributed by atoms with Crippen molar-refractivity contribution in [3.63, 3.8) is 0 Å². The molecule has 4 rings (SSSR count). The molecule has 2 atom stereocenters. The van der Waals surface area contributed by atoms with Crippen LogP contribution in [-0.4, -0.2) is 72.1 Å². The monoisotopic (exact) mass is 372 g/mol. The molecule has 1 aromatic heterocycles. The second-order valence-electron chi connectivity index (χ2n) is 8.37. The zero-order chi connectivity index (χ0) is 18.8. The van der Waals surface area contributed by atoms with Gasteiger partial charge in [0.15, 0.2) is 0 Å². The van der Waals surface area contributed by atoms with E-state index >= 15 is 0 Å². The molecule has 0 bridgehead atoms. The summed E-state index contributed by atoms with van der Waals surface area (Å²) in [6.07, 6.45) is 9.11. The quantitative estimate of drug-likeness (QED) is 0.812. The molecule has 0 aromatic carbocycles. The molecule has 3 fully saturated rings. The average molecular weight is 373 g/mol. The van der Waals surface area contributed by atoms with Crippen molar-refractivity contribution in [3.05, 3.63) is 17.5 Å². The van der Waals surface area contributed by atoms with Gasteiger partial charge in [0.05, 0.1) is 11.3 Å². The van der Waals surface area contributed by atoms with Crippen molar-refractivity contribution in [1.29, 1.82) is 0 Å². The van der Waals surface area contributed by atoms with Crippen LogP contribution in [-0.2, 0) is 0 Å². The second kappa shape index (κ2) is 8.10. The Balaban J connectivity index is 1.34. The first kappa shape index (κ1) is 18.6. The van der Waals surface area contributed by atoms with Gasteiger partial charge in [-0.1, -0.05) is 12.8 Å². The highest BCUT2D eigenvalue weighted by atomic mass is 16.1. The molecule has 1 amide bonds. The van der Waals surface area contributed by atoms with Crippen LogP contribution in [0.5, 0.6) is 0 Å². The summed E-state index contributed by atoms with van der Waals surface area (Å²) in [6, 6.07) is 1.29. The number of likely N-dealkylation sites (N-methyl/N-ethyl adjacent to an activating group) is 1. The number of nitrogens with one attached hydrogen (secondary N) is 2. The number of aryl methyl sites for hydroxylation is 1. The van der Waals surface area contributed by atoms with Crippen LogP contribution in [0.25, 0.3) is 0 Å². The first-order chi connectivity index (χ1) is 13.1. The number of nitrogens with zero attached hydrogens (tertiary/aromatic N) is 4. The zero-order valence-electron chi connectivity index (χ0n) is 16.6. The maximum Gasteiger partial charge on any atom is 0.254 e. The molecular weight excluding hydrogens is 340 g/mol. The Kier molecular flexibility index (Phi) is 5.59. The number of amides is 1. The van der Waals surface area contributed by atoms with E-state index in [1.165, 1.54) is 25.7 Å². The highest BCUT2D eigenvalue weighted by Gasteiger charge is 2.34. The second-order valence-corrected chi connectivity index (χ2v) is 8.37. The smallest absolute Gasteiger partial charge is 0.254 e. The van der Waals surface area contributed by atoms with E-state index < -0.39 is 0 Å². The number of carbonyl (C=O) groups is 1. The van der Waals surface area contributed by atoms with Gasteiger partial charge < -0.3 is 20.4 Å². The normalized spacial score (nSPS) is 26.8. The minimum atomic E-state index is -0.0413. The van der Waals surface area contributed by atoms with Crippen molar-refractivity contribution < 1.29 is 4.79 Å². The topological polar surface area (TPSA) is 73.4 Å². The summed E-state index contributed by atoms with van der Waals surface area (Å²) in [4.78, 5) is 26.3. The van der Waals surface area contributed by atoms with E-state index in [1.807, 2.05) is 6.92 Å². The van der Waals surface area contributed by atoms with Crippen LogP contribution < -0.4 is 15.5 Å². The number of hydrogen-bond donors (Lipinski definition) is 2. The van der Waals surface area contributed by atoms with Crippen molar-refractivity contribution in [2.24, 2.45) is 0 Å². The Morgan fingerprint density at radius 1 is 1.07 bits per heavy atom. The molecule has 2 N–H and O–H groups in total. The summed E-state index contributed by atoms with van der Waals surface area (Å²) in [7, 11) is 2.13. The highest BCUT2D eigenvalue weighted by Crippen LogP contribution is 2.25. The summed E-state index contributed by atoms with van der Waals surface area (Å²) >= 11 is 0. The minimum Gasteiger partial charge on any atom is -0.348 e. The standard InChI is InChI=1S/C20H32N6O/c1-14-16(13-21-20(22-14)26-11-9-25(2)10-12-26)19(27)24-18-8-7-17(18)23-15-5-3-4-6-15/h13,15,17-18,23H,3-12H2,1-2H3,(H,24,27)/t17-,18+/m1/s1. The molecule has 0 spiro atoms. The largest absolute Gasteiger partial charge is 0.348 e. The number of carbonyl (C=O) groups excluding carboxylic acids is 1. The number of aromatic nitrogens is 2. The third kappa shape index (κ3) is 4.24. The van der Waals surface area contributed by atoms with Crippen LogP contribution >= 0.6 is 0 Å². The Morgan fingerprint density at radius 3 is 2.41 bits per heavy atom. The van der Waals surface area contributed by atoms with Crippen molar-refractivity contribution in [2.75, 3.05) is 38.1 Å². The summed E-state index contributed by atoms with van der Waals surface area (Å²) in [5.41, 5.74) is 1.36. The molecule has 3 aliphatic rings. The van der Waals surface area contributed by atoms with Gasteiger partial charge in [0.1, 0.15) is 0 Å². The summed E-state index contributed by atoms with van der Waals surface area (Å²) in [6.45, 7) is 5.80. The van der Waals surface area contributed by atoms with E-state index in [1.54, 1.807) is 6.20 Å². The molecule has 1 saturated heterocycles. The molecule has 2 saturated carbocycles. The Labute approximate surface area is 161 Å². The lowest BCUT2D eigenvalue weighted by Gasteiger charge is -2.39. The van der Waals surface area contributed by atoms with E-state index in [9.17, 15) is 4.79 Å². The van der Waals surface area contributed by atoms with E-state index in [-0.39, 0.29) is 11.9 Å². The average Bonchev–Trinajstić information content (AvgIpc) is 3.17. The predicted molar refractivity (Wildman–Crippen MR) is 106 cm³/mol. The van der Waals surface area contributed by atoms with E-state index in [0.717, 1.165) is 50.7 Å². The molecule has 7 nitrogen and oxygen atoms in total. The zero-order valence-corrected chi connectivity index (χ0v) is 16.6. The molecule has 148 valence electrons. The number of hydrogen-bond acceptors (Lipinski definition) is 6. The summed E-state index contributed by atoms with van der Waals surface area (Å²) in [5.74, 6) is 0.696. The maximum absolute atomic E-state index is 12.7. The molecule has 27 heavy (non-hydrogen) atoms. The number of rotatable bonds is 5.